The molecule has 0 radical (unpaired) electrons. The molecule has 8 heteroatoms. The van der Waals surface area contributed by atoms with Gasteiger partial charge in [-0.05, 0) is 12.1 Å². The molecule has 1 N–H and O–H groups in total. The maximum Gasteiger partial charge on any atom is 0.414 e. The van der Waals surface area contributed by atoms with Gasteiger partial charge in [0.1, 0.15) is 11.8 Å². The molecule has 0 aliphatic heterocycles. The molecule has 0 saturated heterocycles. The number of halogens is 3. The summed E-state index contributed by atoms with van der Waals surface area (Å²) in [7, 11) is 0. The Hall–Kier alpha value is -2.27. The van der Waals surface area contributed by atoms with Gasteiger partial charge in [-0.25, -0.2) is 5.48 Å². The van der Waals surface area contributed by atoms with Crippen molar-refractivity contribution in [2.45, 2.75) is 6.18 Å². The highest BCUT2D eigenvalue weighted by molar-refractivity contribution is 5.76. The fourth-order valence-corrected chi connectivity index (χ4v) is 1.06. The van der Waals surface area contributed by atoms with Gasteiger partial charge in [0, 0.05) is 0 Å². The van der Waals surface area contributed by atoms with E-state index in [4.69, 9.17) is 10.00 Å². The van der Waals surface area contributed by atoms with Crippen molar-refractivity contribution in [2.75, 3.05) is 13.2 Å². The zero-order valence-corrected chi connectivity index (χ0v) is 9.53. The summed E-state index contributed by atoms with van der Waals surface area (Å²) in [6.07, 6.45) is -4.53. The summed E-state index contributed by atoms with van der Waals surface area (Å²) in [5.41, 5.74) is 1.79. The summed E-state index contributed by atoms with van der Waals surface area (Å²) in [6.45, 7) is -2.15. The van der Waals surface area contributed by atoms with E-state index < -0.39 is 25.3 Å². The number of nitriles is 1. The van der Waals surface area contributed by atoms with Crippen LogP contribution in [0.15, 0.2) is 24.3 Å². The molecule has 5 nitrogen and oxygen atoms in total. The highest BCUT2D eigenvalue weighted by Gasteiger charge is 2.28. The number of carbonyl (C=O) groups excluding carboxylic acids is 1. The molecule has 1 amide bonds. The van der Waals surface area contributed by atoms with Crippen molar-refractivity contribution in [2.24, 2.45) is 0 Å². The molecule has 102 valence electrons. The number of nitrogens with one attached hydrogen (secondary N) is 1. The second kappa shape index (κ2) is 6.61. The molecule has 0 spiro atoms. The molecule has 0 aliphatic rings. The van der Waals surface area contributed by atoms with Crippen molar-refractivity contribution in [1.29, 1.82) is 5.26 Å². The number of nitrogens with zero attached hydrogens (tertiary/aromatic N) is 1. The number of ether oxygens (including phenoxy) is 1. The number of para-hydroxylation sites is 1. The summed E-state index contributed by atoms with van der Waals surface area (Å²) in [5, 5.41) is 8.73. The average molecular weight is 274 g/mol. The van der Waals surface area contributed by atoms with Crippen LogP contribution < -0.4 is 10.2 Å². The van der Waals surface area contributed by atoms with E-state index in [1.165, 1.54) is 12.1 Å². The lowest BCUT2D eigenvalue weighted by Crippen LogP contribution is -2.32. The summed E-state index contributed by atoms with van der Waals surface area (Å²) in [4.78, 5) is 15.0. The van der Waals surface area contributed by atoms with Crippen LogP contribution >= 0.6 is 0 Å². The molecule has 0 saturated carbocycles. The fraction of sp³-hybridized carbons (Fsp3) is 0.273. The lowest BCUT2D eigenvalue weighted by molar-refractivity contribution is -0.192. The Morgan fingerprint density at radius 2 is 2.05 bits per heavy atom. The van der Waals surface area contributed by atoms with Gasteiger partial charge in [0.15, 0.2) is 13.2 Å². The van der Waals surface area contributed by atoms with Crippen molar-refractivity contribution in [3.05, 3.63) is 29.8 Å². The molecule has 19 heavy (non-hydrogen) atoms. The van der Waals surface area contributed by atoms with E-state index in [2.05, 4.69) is 4.84 Å². The molecule has 0 fully saturated rings. The second-order valence-corrected chi connectivity index (χ2v) is 3.33. The third kappa shape index (κ3) is 5.74. The van der Waals surface area contributed by atoms with Crippen LogP contribution in [-0.2, 0) is 9.63 Å². The minimum Gasteiger partial charge on any atom is -0.482 e. The highest BCUT2D eigenvalue weighted by Crippen LogP contribution is 2.16. The van der Waals surface area contributed by atoms with E-state index >= 15 is 0 Å². The van der Waals surface area contributed by atoms with Crippen LogP contribution in [0, 0.1) is 11.3 Å². The maximum absolute atomic E-state index is 11.7. The Labute approximate surface area is 106 Å². The minimum absolute atomic E-state index is 0.163. The molecular formula is C11H9F3N2O3. The molecule has 1 aromatic carbocycles. The average Bonchev–Trinajstić information content (AvgIpc) is 2.35. The van der Waals surface area contributed by atoms with Gasteiger partial charge in [0.25, 0.3) is 5.91 Å². The van der Waals surface area contributed by atoms with E-state index in [9.17, 15) is 18.0 Å². The predicted molar refractivity (Wildman–Crippen MR) is 56.8 cm³/mol. The molecule has 0 aromatic heterocycles. The van der Waals surface area contributed by atoms with Gasteiger partial charge in [-0.1, -0.05) is 12.1 Å². The quantitative estimate of drug-likeness (QED) is 0.827. The van der Waals surface area contributed by atoms with Crippen LogP contribution in [0.2, 0.25) is 0 Å². The molecule has 0 heterocycles. The molecule has 1 aromatic rings. The lowest BCUT2D eigenvalue weighted by atomic mass is 10.2. The van der Waals surface area contributed by atoms with Crippen molar-refractivity contribution >= 4 is 5.91 Å². The Kier molecular flexibility index (Phi) is 5.14. The first-order valence-electron chi connectivity index (χ1n) is 5.01. The van der Waals surface area contributed by atoms with Crippen LogP contribution in [-0.4, -0.2) is 25.3 Å². The van der Waals surface area contributed by atoms with E-state index in [0.717, 1.165) is 0 Å². The Morgan fingerprint density at radius 1 is 1.37 bits per heavy atom. The summed E-state index contributed by atoms with van der Waals surface area (Å²) >= 11 is 0. The Morgan fingerprint density at radius 3 is 2.68 bits per heavy atom. The summed E-state index contributed by atoms with van der Waals surface area (Å²) in [5.74, 6) is -0.729. The van der Waals surface area contributed by atoms with Gasteiger partial charge in [0.2, 0.25) is 0 Å². The van der Waals surface area contributed by atoms with Gasteiger partial charge in [-0.2, -0.15) is 18.4 Å². The second-order valence-electron chi connectivity index (χ2n) is 3.33. The molecule has 0 bridgehead atoms. The molecular weight excluding hydrogens is 265 g/mol. The van der Waals surface area contributed by atoms with E-state index in [0.29, 0.717) is 0 Å². The number of benzene rings is 1. The smallest absolute Gasteiger partial charge is 0.414 e. The Bertz CT molecular complexity index is 483. The standard InChI is InChI=1S/C11H9F3N2O3/c12-11(13,14)7-19-16-10(17)6-18-9-4-2-1-3-8(9)5-15/h1-4H,6-7H2,(H,16,17). The number of hydrogen-bond acceptors (Lipinski definition) is 4. The number of rotatable bonds is 5. The van der Waals surface area contributed by atoms with Crippen molar-refractivity contribution in [3.8, 4) is 11.8 Å². The zero-order valence-electron chi connectivity index (χ0n) is 9.53. The third-order valence-electron chi connectivity index (χ3n) is 1.79. The number of alkyl halides is 3. The van der Waals surface area contributed by atoms with Crippen LogP contribution in [0.1, 0.15) is 5.56 Å². The Balaban J connectivity index is 2.37. The molecule has 0 aliphatic carbocycles. The van der Waals surface area contributed by atoms with Crippen LogP contribution in [0.5, 0.6) is 5.75 Å². The lowest BCUT2D eigenvalue weighted by Gasteiger charge is -2.09. The number of amides is 1. The van der Waals surface area contributed by atoms with Gasteiger partial charge in [0.05, 0.1) is 5.56 Å². The molecule has 1 rings (SSSR count). The highest BCUT2D eigenvalue weighted by atomic mass is 19.4. The SMILES string of the molecule is N#Cc1ccccc1OCC(=O)NOCC(F)(F)F. The normalized spacial score (nSPS) is 10.6. The third-order valence-corrected chi connectivity index (χ3v) is 1.79. The van der Waals surface area contributed by atoms with Crippen LogP contribution in [0.4, 0.5) is 13.2 Å². The topological polar surface area (TPSA) is 71.3 Å². The van der Waals surface area contributed by atoms with Crippen molar-refractivity contribution < 1.29 is 27.5 Å². The van der Waals surface area contributed by atoms with Crippen molar-refractivity contribution in [1.82, 2.24) is 5.48 Å². The zero-order chi connectivity index (χ0) is 14.3. The van der Waals surface area contributed by atoms with Crippen LogP contribution in [0.3, 0.4) is 0 Å². The minimum atomic E-state index is -4.53. The number of carbonyl (C=O) groups is 1. The number of hydrogen-bond donors (Lipinski definition) is 1. The van der Waals surface area contributed by atoms with E-state index in [-0.39, 0.29) is 11.3 Å². The summed E-state index contributed by atoms with van der Waals surface area (Å²) in [6, 6.07) is 7.99. The van der Waals surface area contributed by atoms with Gasteiger partial charge >= 0.3 is 6.18 Å². The van der Waals surface area contributed by atoms with E-state index in [1.54, 1.807) is 17.6 Å². The monoisotopic (exact) mass is 274 g/mol. The number of hydroxylamine groups is 1. The van der Waals surface area contributed by atoms with Crippen molar-refractivity contribution in [3.63, 3.8) is 0 Å². The van der Waals surface area contributed by atoms with Gasteiger partial charge in [-0.15, -0.1) is 0 Å². The predicted octanol–water partition coefficient (Wildman–Crippen LogP) is 1.55. The molecule has 0 unspecified atom stereocenters. The largest absolute Gasteiger partial charge is 0.482 e. The first-order valence-corrected chi connectivity index (χ1v) is 5.01. The maximum atomic E-state index is 11.7. The first-order chi connectivity index (χ1) is 8.92. The van der Waals surface area contributed by atoms with Gasteiger partial charge < -0.3 is 4.74 Å². The van der Waals surface area contributed by atoms with E-state index in [1.807, 2.05) is 6.07 Å². The fourth-order valence-electron chi connectivity index (χ4n) is 1.06. The van der Waals surface area contributed by atoms with Gasteiger partial charge in [-0.3, -0.25) is 9.63 Å². The molecule has 0 atom stereocenters. The van der Waals surface area contributed by atoms with Crippen LogP contribution in [0.25, 0.3) is 0 Å². The summed E-state index contributed by atoms with van der Waals surface area (Å²) < 4.78 is 40.1. The first kappa shape index (κ1) is 14.8.